The van der Waals surface area contributed by atoms with Crippen molar-refractivity contribution in [1.29, 1.82) is 0 Å². The fourth-order valence-electron chi connectivity index (χ4n) is 6.18. The Kier molecular flexibility index (Phi) is 14.4. The monoisotopic (exact) mass is 940 g/mol. The van der Waals surface area contributed by atoms with Gasteiger partial charge < -0.3 is 20.8 Å². The fraction of sp³-hybridized carbons (Fsp3) is 0.250. The summed E-state index contributed by atoms with van der Waals surface area (Å²) in [5.74, 6) is -2.30. The lowest BCUT2D eigenvalue weighted by Crippen LogP contribution is -2.39. The van der Waals surface area contributed by atoms with Crippen molar-refractivity contribution in [3.8, 4) is 11.5 Å². The second-order valence-corrected chi connectivity index (χ2v) is 18.4. The number of nitrogens with one attached hydrogen (secondary N) is 3. The number of amides is 2. The Morgan fingerprint density at radius 1 is 0.705 bits per heavy atom. The van der Waals surface area contributed by atoms with Crippen molar-refractivity contribution in [2.24, 2.45) is 0 Å². The summed E-state index contributed by atoms with van der Waals surface area (Å²) < 4.78 is 76.2. The molecule has 6 aromatic rings. The predicted octanol–water partition coefficient (Wildman–Crippen LogP) is 5.20. The van der Waals surface area contributed by atoms with Crippen LogP contribution < -0.4 is 19.7 Å². The van der Waals surface area contributed by atoms with E-state index in [2.05, 4.69) is 51.2 Å². The lowest BCUT2D eigenvalue weighted by atomic mass is 10.1. The van der Waals surface area contributed by atoms with Crippen LogP contribution in [-0.2, 0) is 33.1 Å². The zero-order chi connectivity index (χ0) is 43.7. The van der Waals surface area contributed by atoms with Crippen LogP contribution in [0.1, 0.15) is 57.8 Å². The number of aromatic nitrogens is 4. The molecule has 2 aliphatic rings. The third-order valence-electron chi connectivity index (χ3n) is 9.31. The van der Waals surface area contributed by atoms with Crippen LogP contribution in [0.4, 0.5) is 14.6 Å². The SMILES string of the molecule is O=C(NCc1ccc(F)cc1)c1nc(Br)c2cccnc2c1O.O=C(NCc1ccc(F)cc1)c1nc(N2CCCCS2(=O)=O)c2cccnc2c1O.O=S1(=O)CCCCN1. The van der Waals surface area contributed by atoms with E-state index in [1.165, 1.54) is 53.1 Å². The molecule has 2 amide bonds. The van der Waals surface area contributed by atoms with Gasteiger partial charge >= 0.3 is 0 Å². The Morgan fingerprint density at radius 3 is 1.70 bits per heavy atom. The maximum absolute atomic E-state index is 13.0. The number of hydrogen-bond acceptors (Lipinski definition) is 12. The quantitative estimate of drug-likeness (QED) is 0.130. The van der Waals surface area contributed by atoms with E-state index in [9.17, 15) is 45.4 Å². The molecule has 0 atom stereocenters. The summed E-state index contributed by atoms with van der Waals surface area (Å²) in [5, 5.41) is 27.0. The van der Waals surface area contributed by atoms with Gasteiger partial charge in [-0.25, -0.2) is 40.3 Å². The largest absolute Gasteiger partial charge is 0.504 e. The molecule has 16 nitrogen and oxygen atoms in total. The zero-order valence-corrected chi connectivity index (χ0v) is 35.4. The number of carbonyl (C=O) groups excluding carboxylic acids is 2. The van der Waals surface area contributed by atoms with Gasteiger partial charge in [0.15, 0.2) is 28.7 Å². The molecule has 5 N–H and O–H groups in total. The Morgan fingerprint density at radius 2 is 1.21 bits per heavy atom. The highest BCUT2D eigenvalue weighted by molar-refractivity contribution is 9.10. The third kappa shape index (κ3) is 11.3. The average Bonchev–Trinajstić information content (AvgIpc) is 3.25. The number of rotatable bonds is 7. The minimum atomic E-state index is -3.59. The number of halogens is 3. The van der Waals surface area contributed by atoms with E-state index in [-0.39, 0.29) is 59.7 Å². The van der Waals surface area contributed by atoms with Crippen LogP contribution in [0.3, 0.4) is 0 Å². The van der Waals surface area contributed by atoms with Gasteiger partial charge in [0.25, 0.3) is 11.8 Å². The van der Waals surface area contributed by atoms with Crippen molar-refractivity contribution in [2.45, 2.75) is 38.8 Å². The molecular formula is C40H39BrF2N8O8S2. The summed E-state index contributed by atoms with van der Waals surface area (Å²) in [7, 11) is -6.42. The molecule has 320 valence electrons. The first-order valence-electron chi connectivity index (χ1n) is 18.8. The van der Waals surface area contributed by atoms with Crippen molar-refractivity contribution in [3.05, 3.63) is 124 Å². The van der Waals surface area contributed by atoms with E-state index in [4.69, 9.17) is 0 Å². The van der Waals surface area contributed by atoms with E-state index in [1.807, 2.05) is 0 Å². The van der Waals surface area contributed by atoms with E-state index in [1.54, 1.807) is 36.4 Å². The van der Waals surface area contributed by atoms with E-state index in [0.717, 1.165) is 18.4 Å². The lowest BCUT2D eigenvalue weighted by Gasteiger charge is -2.28. The van der Waals surface area contributed by atoms with Gasteiger partial charge in [-0.05, 0) is 101 Å². The molecule has 2 fully saturated rings. The summed E-state index contributed by atoms with van der Waals surface area (Å²) in [6.45, 7) is 1.14. The van der Waals surface area contributed by atoms with Gasteiger partial charge in [-0.15, -0.1) is 0 Å². The van der Waals surface area contributed by atoms with E-state index in [0.29, 0.717) is 51.6 Å². The maximum atomic E-state index is 13.0. The number of carbonyl (C=O) groups is 2. The minimum absolute atomic E-state index is 0.0105. The van der Waals surface area contributed by atoms with Crippen LogP contribution in [0.15, 0.2) is 89.8 Å². The van der Waals surface area contributed by atoms with Crippen molar-refractivity contribution < 1.29 is 45.4 Å². The number of fused-ring (bicyclic) bond motifs is 2. The first kappa shape index (κ1) is 44.6. The van der Waals surface area contributed by atoms with Crippen molar-refractivity contribution >= 4 is 75.4 Å². The van der Waals surface area contributed by atoms with Gasteiger partial charge in [-0.2, -0.15) is 0 Å². The van der Waals surface area contributed by atoms with Gasteiger partial charge in [-0.1, -0.05) is 24.3 Å². The van der Waals surface area contributed by atoms with Gasteiger partial charge in [0.1, 0.15) is 27.3 Å². The molecule has 2 saturated heterocycles. The molecule has 0 aliphatic carbocycles. The highest BCUT2D eigenvalue weighted by Gasteiger charge is 2.31. The number of pyridine rings is 4. The van der Waals surface area contributed by atoms with Crippen LogP contribution >= 0.6 is 15.9 Å². The Labute approximate surface area is 357 Å². The molecule has 61 heavy (non-hydrogen) atoms. The minimum Gasteiger partial charge on any atom is -0.504 e. The fourth-order valence-corrected chi connectivity index (χ4v) is 9.46. The predicted molar refractivity (Wildman–Crippen MR) is 227 cm³/mol. The number of benzene rings is 2. The average molecular weight is 942 g/mol. The van der Waals surface area contributed by atoms with Gasteiger partial charge in [0.2, 0.25) is 20.0 Å². The molecule has 0 unspecified atom stereocenters. The topological polar surface area (TPSA) is 234 Å². The Hall–Kier alpha value is -5.90. The van der Waals surface area contributed by atoms with Crippen LogP contribution in [-0.4, -0.2) is 83.4 Å². The van der Waals surface area contributed by atoms with Crippen LogP contribution in [0, 0.1) is 11.6 Å². The molecule has 0 radical (unpaired) electrons. The second kappa shape index (κ2) is 19.7. The molecule has 6 heterocycles. The van der Waals surface area contributed by atoms with E-state index < -0.39 is 43.4 Å². The zero-order valence-electron chi connectivity index (χ0n) is 32.2. The van der Waals surface area contributed by atoms with Gasteiger partial charge in [0, 0.05) is 49.3 Å². The smallest absolute Gasteiger partial charge is 0.274 e. The first-order chi connectivity index (χ1) is 29.1. The Balaban J connectivity index is 0.000000177. The second-order valence-electron chi connectivity index (χ2n) is 13.7. The molecule has 4 aromatic heterocycles. The van der Waals surface area contributed by atoms with Crippen molar-refractivity contribution in [1.82, 2.24) is 35.3 Å². The molecule has 0 spiro atoms. The summed E-state index contributed by atoms with van der Waals surface area (Å²) in [6.07, 6.45) is 5.98. The molecule has 0 saturated carbocycles. The van der Waals surface area contributed by atoms with Crippen molar-refractivity contribution in [2.75, 3.05) is 28.9 Å². The van der Waals surface area contributed by atoms with Crippen LogP contribution in [0.2, 0.25) is 0 Å². The standard InChI is InChI=1S/C20H19FN4O4S.C16H11BrFN3O2.C4H9NO2S/c21-14-7-5-13(6-8-14)12-23-20(27)17-18(26)16-15(4-3-9-22-16)19(24-17)25-10-1-2-11-30(25,28)29;17-15-11-2-1-7-19-12(11)14(22)13(21-15)16(23)20-8-9-3-5-10(18)6-4-9;6-8(7)4-2-1-3-5-8/h3-9,26H,1-2,10-12H2,(H,23,27);1-7,22H,8H2,(H,20,23);5H,1-4H2. The van der Waals surface area contributed by atoms with Gasteiger partial charge in [0.05, 0.1) is 11.5 Å². The van der Waals surface area contributed by atoms with Gasteiger partial charge in [-0.3, -0.25) is 23.9 Å². The summed E-state index contributed by atoms with van der Waals surface area (Å²) in [6, 6.07) is 18.0. The lowest BCUT2D eigenvalue weighted by molar-refractivity contribution is 0.0935. The number of anilines is 1. The Bertz CT molecular complexity index is 2780. The molecule has 0 bridgehead atoms. The molecule has 2 aromatic carbocycles. The van der Waals surface area contributed by atoms with E-state index >= 15 is 0 Å². The number of sulfonamides is 2. The highest BCUT2D eigenvalue weighted by Crippen LogP contribution is 2.35. The van der Waals surface area contributed by atoms with Crippen molar-refractivity contribution in [3.63, 3.8) is 0 Å². The first-order valence-corrected chi connectivity index (χ1v) is 22.8. The van der Waals surface area contributed by atoms with Crippen LogP contribution in [0.25, 0.3) is 21.8 Å². The molecule has 2 aliphatic heterocycles. The number of aromatic hydroxyl groups is 2. The molecular weight excluding hydrogens is 903 g/mol. The van der Waals surface area contributed by atoms with Crippen LogP contribution in [0.5, 0.6) is 11.5 Å². The summed E-state index contributed by atoms with van der Waals surface area (Å²) >= 11 is 3.27. The maximum Gasteiger partial charge on any atom is 0.274 e. The third-order valence-corrected chi connectivity index (χ3v) is 13.2. The highest BCUT2D eigenvalue weighted by atomic mass is 79.9. The summed E-state index contributed by atoms with van der Waals surface area (Å²) in [4.78, 5) is 41.5. The normalized spacial score (nSPS) is 15.4. The molecule has 21 heteroatoms. The number of nitrogens with zero attached hydrogens (tertiary/aromatic N) is 5. The summed E-state index contributed by atoms with van der Waals surface area (Å²) in [5.41, 5.74) is 1.33. The number of hydrogen-bond donors (Lipinski definition) is 5. The molecule has 8 rings (SSSR count).